The molecule has 4 heteroatoms. The Balaban J connectivity index is 1.32. The van der Waals surface area contributed by atoms with Crippen molar-refractivity contribution < 1.29 is 14.6 Å². The summed E-state index contributed by atoms with van der Waals surface area (Å²) in [5.41, 5.74) is 3.90. The van der Waals surface area contributed by atoms with E-state index in [0.29, 0.717) is 24.4 Å². The minimum atomic E-state index is -0.544. The monoisotopic (exact) mass is 447 g/mol. The first kappa shape index (κ1) is 22.5. The molecule has 0 aromatic heterocycles. The second-order valence-electron chi connectivity index (χ2n) is 11.0. The normalized spacial score (nSPS) is 32.6. The van der Waals surface area contributed by atoms with E-state index in [4.69, 9.17) is 4.74 Å². The van der Waals surface area contributed by atoms with Gasteiger partial charge in [-0.2, -0.15) is 0 Å². The third-order valence-electron chi connectivity index (χ3n) is 8.72. The molecule has 2 aromatic carbocycles. The van der Waals surface area contributed by atoms with Crippen molar-refractivity contribution in [3.05, 3.63) is 65.2 Å². The molecular formula is C29H37NO3. The van der Waals surface area contributed by atoms with Gasteiger partial charge < -0.3 is 15.2 Å². The Morgan fingerprint density at radius 1 is 1.18 bits per heavy atom. The number of carbonyl (C=O) groups is 1. The van der Waals surface area contributed by atoms with Gasteiger partial charge in [0.15, 0.2) is 0 Å². The van der Waals surface area contributed by atoms with Crippen LogP contribution >= 0.6 is 0 Å². The second-order valence-corrected chi connectivity index (χ2v) is 11.0. The molecule has 2 fully saturated rings. The second kappa shape index (κ2) is 8.79. The van der Waals surface area contributed by atoms with Crippen LogP contribution in [0.2, 0.25) is 0 Å². The van der Waals surface area contributed by atoms with Gasteiger partial charge in [-0.15, -0.1) is 0 Å². The van der Waals surface area contributed by atoms with Gasteiger partial charge >= 0.3 is 0 Å². The summed E-state index contributed by atoms with van der Waals surface area (Å²) < 4.78 is 6.09. The van der Waals surface area contributed by atoms with Gasteiger partial charge in [0.05, 0.1) is 12.0 Å². The number of carbonyl (C=O) groups excluding carboxylic acids is 1. The molecule has 176 valence electrons. The molecule has 4 nitrogen and oxygen atoms in total. The van der Waals surface area contributed by atoms with Crippen LogP contribution in [0.4, 0.5) is 0 Å². The van der Waals surface area contributed by atoms with Gasteiger partial charge in [-0.05, 0) is 97.9 Å². The van der Waals surface area contributed by atoms with Crippen molar-refractivity contribution in [3.63, 3.8) is 0 Å². The molecule has 2 saturated carbocycles. The maximum absolute atomic E-state index is 12.8. The van der Waals surface area contributed by atoms with E-state index in [2.05, 4.69) is 42.6 Å². The number of benzene rings is 2. The van der Waals surface area contributed by atoms with Crippen molar-refractivity contribution in [2.45, 2.75) is 77.5 Å². The van der Waals surface area contributed by atoms with E-state index >= 15 is 0 Å². The van der Waals surface area contributed by atoms with E-state index in [0.717, 1.165) is 37.9 Å². The van der Waals surface area contributed by atoms with Crippen molar-refractivity contribution in [1.82, 2.24) is 5.32 Å². The summed E-state index contributed by atoms with van der Waals surface area (Å²) in [5, 5.41) is 14.3. The van der Waals surface area contributed by atoms with Gasteiger partial charge in [0.2, 0.25) is 5.91 Å². The van der Waals surface area contributed by atoms with E-state index < -0.39 is 6.10 Å². The highest BCUT2D eigenvalue weighted by Gasteiger charge is 2.59. The first-order valence-electron chi connectivity index (χ1n) is 12.6. The molecule has 2 aromatic rings. The predicted molar refractivity (Wildman–Crippen MR) is 130 cm³/mol. The van der Waals surface area contributed by atoms with Crippen LogP contribution in [0.1, 0.15) is 69.1 Å². The van der Waals surface area contributed by atoms with E-state index in [9.17, 15) is 9.90 Å². The van der Waals surface area contributed by atoms with Gasteiger partial charge in [0.25, 0.3) is 0 Å². The summed E-state index contributed by atoms with van der Waals surface area (Å²) in [5.74, 6) is 2.15. The van der Waals surface area contributed by atoms with Crippen molar-refractivity contribution in [2.24, 2.45) is 23.2 Å². The molecule has 33 heavy (non-hydrogen) atoms. The SMILES string of the molecule is CC(C)NC(=O)C1CC2C3CCc4cc(OCc5ccccc5)ccc4C3CCC2(C)C1O. The van der Waals surface area contributed by atoms with Gasteiger partial charge in [-0.1, -0.05) is 43.3 Å². The molecule has 0 heterocycles. The number of aryl methyl sites for hydroxylation is 1. The van der Waals surface area contributed by atoms with Crippen LogP contribution < -0.4 is 10.1 Å². The number of fused-ring (bicyclic) bond motifs is 5. The highest BCUT2D eigenvalue weighted by Crippen LogP contribution is 2.62. The average Bonchev–Trinajstić information content (AvgIpc) is 3.08. The van der Waals surface area contributed by atoms with Gasteiger partial charge in [-0.3, -0.25) is 4.79 Å². The largest absolute Gasteiger partial charge is 0.489 e. The van der Waals surface area contributed by atoms with Crippen LogP contribution in [-0.4, -0.2) is 23.2 Å². The van der Waals surface area contributed by atoms with Crippen LogP contribution in [0.3, 0.4) is 0 Å². The number of nitrogens with one attached hydrogen (secondary N) is 1. The summed E-state index contributed by atoms with van der Waals surface area (Å²) >= 11 is 0. The third kappa shape index (κ3) is 4.07. The molecule has 3 aliphatic carbocycles. The predicted octanol–water partition coefficient (Wildman–Crippen LogP) is 5.23. The zero-order chi connectivity index (χ0) is 23.2. The molecule has 1 amide bonds. The number of aliphatic hydroxyl groups is 1. The van der Waals surface area contributed by atoms with Crippen LogP contribution in [0.25, 0.3) is 0 Å². The zero-order valence-corrected chi connectivity index (χ0v) is 20.1. The lowest BCUT2D eigenvalue weighted by atomic mass is 9.55. The van der Waals surface area contributed by atoms with Crippen LogP contribution in [0.5, 0.6) is 5.75 Å². The number of hydrogen-bond acceptors (Lipinski definition) is 3. The Hall–Kier alpha value is -2.33. The summed E-state index contributed by atoms with van der Waals surface area (Å²) in [6.45, 7) is 6.79. The lowest BCUT2D eigenvalue weighted by Crippen LogP contribution is -2.46. The summed E-state index contributed by atoms with van der Waals surface area (Å²) in [6, 6.07) is 17.0. The van der Waals surface area contributed by atoms with Crippen LogP contribution in [-0.2, 0) is 17.8 Å². The molecule has 0 spiro atoms. The van der Waals surface area contributed by atoms with Gasteiger partial charge in [-0.25, -0.2) is 0 Å². The summed E-state index contributed by atoms with van der Waals surface area (Å²) in [6.07, 6.45) is 4.51. The Morgan fingerprint density at radius 3 is 2.73 bits per heavy atom. The summed E-state index contributed by atoms with van der Waals surface area (Å²) in [4.78, 5) is 12.8. The van der Waals surface area contributed by atoms with Crippen LogP contribution in [0.15, 0.2) is 48.5 Å². The van der Waals surface area contributed by atoms with Crippen molar-refractivity contribution in [1.29, 1.82) is 0 Å². The smallest absolute Gasteiger partial charge is 0.225 e. The number of hydrogen-bond donors (Lipinski definition) is 2. The third-order valence-corrected chi connectivity index (χ3v) is 8.72. The highest BCUT2D eigenvalue weighted by molar-refractivity contribution is 5.80. The van der Waals surface area contributed by atoms with E-state index in [1.165, 1.54) is 16.7 Å². The fraction of sp³-hybridized carbons (Fsp3) is 0.552. The van der Waals surface area contributed by atoms with Crippen molar-refractivity contribution in [3.8, 4) is 5.75 Å². The minimum Gasteiger partial charge on any atom is -0.489 e. The van der Waals surface area contributed by atoms with Crippen molar-refractivity contribution >= 4 is 5.91 Å². The van der Waals surface area contributed by atoms with E-state index in [-0.39, 0.29) is 23.3 Å². The molecule has 0 bridgehead atoms. The van der Waals surface area contributed by atoms with Gasteiger partial charge in [0, 0.05) is 6.04 Å². The maximum Gasteiger partial charge on any atom is 0.225 e. The molecule has 0 aliphatic heterocycles. The quantitative estimate of drug-likeness (QED) is 0.660. The summed E-state index contributed by atoms with van der Waals surface area (Å²) in [7, 11) is 0. The standard InChI is InChI=1S/C29H37NO3/c1-18(2)30-28(32)25-16-26-24-11-9-20-15-21(33-17-19-7-5-4-6-8-19)10-12-22(20)23(24)13-14-29(26,3)27(25)31/h4-8,10,12,15,18,23-27,31H,9,11,13-14,16-17H2,1-3H3,(H,30,32). The van der Waals surface area contributed by atoms with Crippen LogP contribution in [0, 0.1) is 23.2 Å². The fourth-order valence-corrected chi connectivity index (χ4v) is 7.05. The molecule has 0 saturated heterocycles. The maximum atomic E-state index is 12.8. The fourth-order valence-electron chi connectivity index (χ4n) is 7.05. The molecule has 0 radical (unpaired) electrons. The molecule has 6 unspecified atom stereocenters. The Labute approximate surface area is 197 Å². The van der Waals surface area contributed by atoms with Crippen molar-refractivity contribution in [2.75, 3.05) is 0 Å². The zero-order valence-electron chi connectivity index (χ0n) is 20.1. The first-order valence-corrected chi connectivity index (χ1v) is 12.6. The van der Waals surface area contributed by atoms with E-state index in [1.54, 1.807) is 0 Å². The molecule has 5 rings (SSSR count). The average molecular weight is 448 g/mol. The van der Waals surface area contributed by atoms with Gasteiger partial charge in [0.1, 0.15) is 12.4 Å². The first-order chi connectivity index (χ1) is 15.9. The number of ether oxygens (including phenoxy) is 1. The Morgan fingerprint density at radius 2 is 1.97 bits per heavy atom. The number of aliphatic hydroxyl groups excluding tert-OH is 1. The molecule has 2 N–H and O–H groups in total. The Bertz CT molecular complexity index is 1000. The Kier molecular flexibility index (Phi) is 5.98. The number of rotatable bonds is 5. The number of amides is 1. The highest BCUT2D eigenvalue weighted by atomic mass is 16.5. The van der Waals surface area contributed by atoms with E-state index in [1.807, 2.05) is 32.0 Å². The molecule has 6 atom stereocenters. The minimum absolute atomic E-state index is 0.0288. The lowest BCUT2D eigenvalue weighted by molar-refractivity contribution is -0.130. The molecule has 3 aliphatic rings. The topological polar surface area (TPSA) is 58.6 Å². The molecular weight excluding hydrogens is 410 g/mol. The lowest BCUT2D eigenvalue weighted by Gasteiger charge is -2.50.